The first kappa shape index (κ1) is 10.1. The molecule has 0 unspecified atom stereocenters. The number of rotatable bonds is 2. The van der Waals surface area contributed by atoms with E-state index in [4.69, 9.17) is 5.11 Å². The van der Waals surface area contributed by atoms with Crippen LogP contribution in [-0.4, -0.2) is 11.2 Å². The minimum atomic E-state index is -0.841. The highest BCUT2D eigenvalue weighted by Crippen LogP contribution is 2.17. The van der Waals surface area contributed by atoms with E-state index in [0.29, 0.717) is 12.0 Å². The molecule has 0 radical (unpaired) electrons. The molecule has 0 heterocycles. The molecular weight excluding hydrogens is 174 g/mol. The zero-order valence-corrected chi connectivity index (χ0v) is 7.64. The molecule has 0 amide bonds. The molecule has 1 atom stereocenters. The van der Waals surface area contributed by atoms with Gasteiger partial charge < -0.3 is 5.11 Å². The van der Waals surface area contributed by atoms with E-state index in [1.165, 1.54) is 13.0 Å². The van der Waals surface area contributed by atoms with Crippen molar-refractivity contribution in [1.29, 1.82) is 0 Å². The predicted octanol–water partition coefficient (Wildman–Crippen LogP) is 2.20. The van der Waals surface area contributed by atoms with Gasteiger partial charge in [-0.15, -0.1) is 0 Å². The molecule has 0 fully saturated rings. The Morgan fingerprint density at radius 2 is 2.00 bits per heavy atom. The van der Waals surface area contributed by atoms with Crippen LogP contribution in [0.25, 0.3) is 0 Å². The van der Waals surface area contributed by atoms with E-state index in [9.17, 15) is 8.78 Å². The SMILES string of the molecule is Cc1c(C[C@@H](C)O)ccc(F)c1F. The number of hydrogen-bond acceptors (Lipinski definition) is 1. The van der Waals surface area contributed by atoms with E-state index in [1.54, 1.807) is 6.92 Å². The Hall–Kier alpha value is -0.960. The zero-order chi connectivity index (χ0) is 10.0. The molecule has 1 aromatic rings. The van der Waals surface area contributed by atoms with Gasteiger partial charge in [0.05, 0.1) is 6.10 Å². The first-order valence-corrected chi connectivity index (χ1v) is 4.14. The van der Waals surface area contributed by atoms with Crippen molar-refractivity contribution < 1.29 is 13.9 Å². The molecule has 0 bridgehead atoms. The van der Waals surface area contributed by atoms with Crippen molar-refractivity contribution in [2.45, 2.75) is 26.4 Å². The highest BCUT2D eigenvalue weighted by Gasteiger charge is 2.10. The van der Waals surface area contributed by atoms with Crippen molar-refractivity contribution in [1.82, 2.24) is 0 Å². The van der Waals surface area contributed by atoms with Gasteiger partial charge in [0, 0.05) is 0 Å². The normalized spacial score (nSPS) is 13.0. The van der Waals surface area contributed by atoms with Gasteiger partial charge in [-0.25, -0.2) is 8.78 Å². The minimum Gasteiger partial charge on any atom is -0.393 e. The highest BCUT2D eigenvalue weighted by molar-refractivity contribution is 5.28. The molecule has 0 spiro atoms. The van der Waals surface area contributed by atoms with E-state index in [2.05, 4.69) is 0 Å². The summed E-state index contributed by atoms with van der Waals surface area (Å²) in [6.45, 7) is 3.12. The van der Waals surface area contributed by atoms with E-state index in [1.807, 2.05) is 0 Å². The van der Waals surface area contributed by atoms with Crippen LogP contribution in [0.5, 0.6) is 0 Å². The summed E-state index contributed by atoms with van der Waals surface area (Å²) in [6, 6.07) is 2.58. The third-order valence-electron chi connectivity index (χ3n) is 1.97. The molecule has 0 aliphatic heterocycles. The van der Waals surface area contributed by atoms with Crippen LogP contribution in [0.4, 0.5) is 8.78 Å². The average Bonchev–Trinajstić information content (AvgIpc) is 2.06. The second-order valence-corrected chi connectivity index (χ2v) is 3.20. The molecule has 0 saturated heterocycles. The first-order chi connectivity index (χ1) is 6.02. The number of halogens is 2. The summed E-state index contributed by atoms with van der Waals surface area (Å²) in [5.41, 5.74) is 0.926. The lowest BCUT2D eigenvalue weighted by molar-refractivity contribution is 0.195. The lowest BCUT2D eigenvalue weighted by atomic mass is 10.0. The van der Waals surface area contributed by atoms with Gasteiger partial charge in [0.25, 0.3) is 0 Å². The Balaban J connectivity index is 3.04. The quantitative estimate of drug-likeness (QED) is 0.750. The van der Waals surface area contributed by atoms with Gasteiger partial charge in [0.1, 0.15) is 0 Å². The van der Waals surface area contributed by atoms with Crippen molar-refractivity contribution in [3.8, 4) is 0 Å². The fourth-order valence-electron chi connectivity index (χ4n) is 1.23. The van der Waals surface area contributed by atoms with Crippen molar-refractivity contribution in [2.75, 3.05) is 0 Å². The van der Waals surface area contributed by atoms with E-state index >= 15 is 0 Å². The molecule has 0 aliphatic rings. The third-order valence-corrected chi connectivity index (χ3v) is 1.97. The standard InChI is InChI=1S/C10H12F2O/c1-6(13)5-8-3-4-9(11)10(12)7(8)2/h3-4,6,13H,5H2,1-2H3/t6-/m1/s1. The summed E-state index contributed by atoms with van der Waals surface area (Å²) in [5, 5.41) is 9.07. The van der Waals surface area contributed by atoms with E-state index < -0.39 is 17.7 Å². The Bertz CT molecular complexity index is 308. The van der Waals surface area contributed by atoms with Gasteiger partial charge >= 0.3 is 0 Å². The molecule has 0 aliphatic carbocycles. The topological polar surface area (TPSA) is 20.2 Å². The predicted molar refractivity (Wildman–Crippen MR) is 46.5 cm³/mol. The summed E-state index contributed by atoms with van der Waals surface area (Å²) in [7, 11) is 0. The van der Waals surface area contributed by atoms with Gasteiger partial charge in [-0.3, -0.25) is 0 Å². The average molecular weight is 186 g/mol. The van der Waals surface area contributed by atoms with Crippen LogP contribution in [0, 0.1) is 18.6 Å². The van der Waals surface area contributed by atoms with Gasteiger partial charge in [0.2, 0.25) is 0 Å². The number of hydrogen-bond donors (Lipinski definition) is 1. The van der Waals surface area contributed by atoms with E-state index in [-0.39, 0.29) is 5.56 Å². The molecule has 3 heteroatoms. The molecule has 1 nitrogen and oxygen atoms in total. The Labute approximate surface area is 76.0 Å². The second-order valence-electron chi connectivity index (χ2n) is 3.20. The number of aliphatic hydroxyl groups is 1. The van der Waals surface area contributed by atoms with Crippen molar-refractivity contribution >= 4 is 0 Å². The maximum atomic E-state index is 13.0. The van der Waals surface area contributed by atoms with Crippen LogP contribution >= 0.6 is 0 Å². The van der Waals surface area contributed by atoms with Crippen LogP contribution in [0.1, 0.15) is 18.1 Å². The largest absolute Gasteiger partial charge is 0.393 e. The molecule has 1 aromatic carbocycles. The van der Waals surface area contributed by atoms with Crippen LogP contribution < -0.4 is 0 Å². The van der Waals surface area contributed by atoms with Crippen molar-refractivity contribution in [3.63, 3.8) is 0 Å². The van der Waals surface area contributed by atoms with Gasteiger partial charge in [-0.05, 0) is 37.5 Å². The first-order valence-electron chi connectivity index (χ1n) is 4.14. The van der Waals surface area contributed by atoms with Crippen LogP contribution in [-0.2, 0) is 6.42 Å². The third kappa shape index (κ3) is 2.25. The summed E-state index contributed by atoms with van der Waals surface area (Å²) >= 11 is 0. The minimum absolute atomic E-state index is 0.279. The lowest BCUT2D eigenvalue weighted by Gasteiger charge is -2.08. The van der Waals surface area contributed by atoms with Crippen LogP contribution in [0.3, 0.4) is 0 Å². The fraction of sp³-hybridized carbons (Fsp3) is 0.400. The highest BCUT2D eigenvalue weighted by atomic mass is 19.2. The molecular formula is C10H12F2O. The fourth-order valence-corrected chi connectivity index (χ4v) is 1.23. The molecule has 0 aromatic heterocycles. The second kappa shape index (κ2) is 3.83. The summed E-state index contributed by atoms with van der Waals surface area (Å²) in [6.07, 6.45) is -0.188. The van der Waals surface area contributed by atoms with E-state index in [0.717, 1.165) is 6.07 Å². The Kier molecular flexibility index (Phi) is 2.98. The van der Waals surface area contributed by atoms with Crippen molar-refractivity contribution in [2.24, 2.45) is 0 Å². The smallest absolute Gasteiger partial charge is 0.161 e. The zero-order valence-electron chi connectivity index (χ0n) is 7.64. The van der Waals surface area contributed by atoms with Gasteiger partial charge in [-0.1, -0.05) is 6.07 Å². The molecule has 0 saturated carbocycles. The Morgan fingerprint density at radius 1 is 1.38 bits per heavy atom. The maximum Gasteiger partial charge on any atom is 0.161 e. The Morgan fingerprint density at radius 3 is 2.54 bits per heavy atom. The van der Waals surface area contributed by atoms with Gasteiger partial charge in [0.15, 0.2) is 11.6 Å². The molecule has 72 valence electrons. The number of benzene rings is 1. The molecule has 1 N–H and O–H groups in total. The molecule has 13 heavy (non-hydrogen) atoms. The van der Waals surface area contributed by atoms with Crippen molar-refractivity contribution in [3.05, 3.63) is 34.9 Å². The molecule has 1 rings (SSSR count). The summed E-state index contributed by atoms with van der Waals surface area (Å²) in [5.74, 6) is -1.66. The van der Waals surface area contributed by atoms with Crippen LogP contribution in [0.15, 0.2) is 12.1 Å². The maximum absolute atomic E-state index is 13.0. The van der Waals surface area contributed by atoms with Gasteiger partial charge in [-0.2, -0.15) is 0 Å². The summed E-state index contributed by atoms with van der Waals surface area (Å²) < 4.78 is 25.6. The summed E-state index contributed by atoms with van der Waals surface area (Å²) in [4.78, 5) is 0. The van der Waals surface area contributed by atoms with Crippen LogP contribution in [0.2, 0.25) is 0 Å². The monoisotopic (exact) mass is 186 g/mol. The lowest BCUT2D eigenvalue weighted by Crippen LogP contribution is -2.07. The number of aliphatic hydroxyl groups excluding tert-OH is 1.